The molecule has 1 amide bonds. The number of rotatable bonds is 4. The third kappa shape index (κ3) is 2.79. The second-order valence-corrected chi connectivity index (χ2v) is 5.11. The molecule has 0 fully saturated rings. The first-order valence-electron chi connectivity index (χ1n) is 7.04. The summed E-state index contributed by atoms with van der Waals surface area (Å²) < 4.78 is 7.00. The van der Waals surface area contributed by atoms with Gasteiger partial charge >= 0.3 is 0 Å². The number of benzene rings is 1. The van der Waals surface area contributed by atoms with E-state index in [9.17, 15) is 4.79 Å². The molecule has 5 heteroatoms. The third-order valence-corrected chi connectivity index (χ3v) is 3.64. The number of carbonyl (C=O) groups excluding carboxylic acids is 1. The van der Waals surface area contributed by atoms with Gasteiger partial charge in [-0.15, -0.1) is 0 Å². The Labute approximate surface area is 128 Å². The van der Waals surface area contributed by atoms with E-state index in [-0.39, 0.29) is 11.9 Å². The molecular weight excluding hydrogens is 278 g/mol. The molecule has 22 heavy (non-hydrogen) atoms. The van der Waals surface area contributed by atoms with Crippen molar-refractivity contribution >= 4 is 11.4 Å². The van der Waals surface area contributed by atoms with E-state index >= 15 is 0 Å². The second kappa shape index (κ2) is 5.89. The number of imidazole rings is 1. The van der Waals surface area contributed by atoms with Gasteiger partial charge in [-0.05, 0) is 36.8 Å². The molecular formula is C17H17N3O2. The summed E-state index contributed by atoms with van der Waals surface area (Å²) in [6.07, 6.45) is 5.26. The summed E-state index contributed by atoms with van der Waals surface area (Å²) in [6.45, 7) is 1.96. The number of methoxy groups -OCH3 is 1. The van der Waals surface area contributed by atoms with E-state index in [2.05, 4.69) is 10.3 Å². The Balaban J connectivity index is 1.74. The molecule has 2 heterocycles. The van der Waals surface area contributed by atoms with Crippen LogP contribution in [0.2, 0.25) is 0 Å². The number of aromatic nitrogens is 2. The van der Waals surface area contributed by atoms with Crippen LogP contribution >= 0.6 is 0 Å². The van der Waals surface area contributed by atoms with Crippen molar-refractivity contribution in [2.45, 2.75) is 13.0 Å². The van der Waals surface area contributed by atoms with Gasteiger partial charge in [0.25, 0.3) is 5.91 Å². The number of nitrogens with one attached hydrogen (secondary N) is 1. The quantitative estimate of drug-likeness (QED) is 0.805. The van der Waals surface area contributed by atoms with Gasteiger partial charge in [0, 0.05) is 11.8 Å². The van der Waals surface area contributed by atoms with Crippen molar-refractivity contribution in [1.29, 1.82) is 0 Å². The van der Waals surface area contributed by atoms with Crippen LogP contribution in [0.4, 0.5) is 0 Å². The first-order valence-corrected chi connectivity index (χ1v) is 7.04. The van der Waals surface area contributed by atoms with Gasteiger partial charge in [0.1, 0.15) is 5.75 Å². The third-order valence-electron chi connectivity index (χ3n) is 3.64. The highest BCUT2D eigenvalue weighted by atomic mass is 16.5. The van der Waals surface area contributed by atoms with E-state index in [0.29, 0.717) is 5.56 Å². The highest BCUT2D eigenvalue weighted by molar-refractivity contribution is 5.95. The van der Waals surface area contributed by atoms with E-state index in [0.717, 1.165) is 16.8 Å². The van der Waals surface area contributed by atoms with Crippen molar-refractivity contribution in [2.24, 2.45) is 0 Å². The van der Waals surface area contributed by atoms with Crippen LogP contribution in [0.5, 0.6) is 5.75 Å². The van der Waals surface area contributed by atoms with Gasteiger partial charge in [0.05, 0.1) is 31.2 Å². The van der Waals surface area contributed by atoms with Crippen molar-refractivity contribution in [2.75, 3.05) is 7.11 Å². The highest BCUT2D eigenvalue weighted by Gasteiger charge is 2.12. The first-order chi connectivity index (χ1) is 10.7. The van der Waals surface area contributed by atoms with Crippen LogP contribution < -0.4 is 10.1 Å². The minimum atomic E-state index is -0.105. The van der Waals surface area contributed by atoms with E-state index in [1.165, 1.54) is 0 Å². The maximum absolute atomic E-state index is 12.4. The van der Waals surface area contributed by atoms with Crippen LogP contribution in [0.1, 0.15) is 28.9 Å². The molecule has 1 unspecified atom stereocenters. The lowest BCUT2D eigenvalue weighted by Crippen LogP contribution is -2.26. The Morgan fingerprint density at radius 1 is 1.27 bits per heavy atom. The summed E-state index contributed by atoms with van der Waals surface area (Å²) in [7, 11) is 1.63. The number of carbonyl (C=O) groups is 1. The average Bonchev–Trinajstić information content (AvgIpc) is 3.02. The fourth-order valence-corrected chi connectivity index (χ4v) is 2.32. The van der Waals surface area contributed by atoms with Gasteiger partial charge in [0.2, 0.25) is 0 Å². The van der Waals surface area contributed by atoms with Gasteiger partial charge in [-0.3, -0.25) is 4.79 Å². The molecule has 0 aliphatic carbocycles. The number of pyridine rings is 1. The normalized spacial score (nSPS) is 12.1. The molecule has 0 aliphatic rings. The lowest BCUT2D eigenvalue weighted by molar-refractivity contribution is 0.0940. The summed E-state index contributed by atoms with van der Waals surface area (Å²) in [6, 6.07) is 11.2. The zero-order valence-electron chi connectivity index (χ0n) is 12.5. The van der Waals surface area contributed by atoms with Crippen molar-refractivity contribution in [1.82, 2.24) is 14.7 Å². The number of ether oxygens (including phenoxy) is 1. The van der Waals surface area contributed by atoms with Crippen molar-refractivity contribution in [3.8, 4) is 5.75 Å². The smallest absolute Gasteiger partial charge is 0.251 e. The second-order valence-electron chi connectivity index (χ2n) is 5.11. The van der Waals surface area contributed by atoms with Gasteiger partial charge in [-0.2, -0.15) is 0 Å². The van der Waals surface area contributed by atoms with Gasteiger partial charge in [-0.25, -0.2) is 4.98 Å². The lowest BCUT2D eigenvalue weighted by atomic mass is 10.1. The summed E-state index contributed by atoms with van der Waals surface area (Å²) in [5.74, 6) is 0.695. The molecule has 5 nitrogen and oxygen atoms in total. The fourth-order valence-electron chi connectivity index (χ4n) is 2.32. The Hall–Kier alpha value is -2.82. The zero-order valence-corrected chi connectivity index (χ0v) is 12.5. The predicted octanol–water partition coefficient (Wildman–Crippen LogP) is 2.83. The molecule has 0 radical (unpaired) electrons. The standard InChI is InChI=1S/C17H17N3O2/c1-12(13-3-5-16(22-2)6-4-13)19-17(21)14-7-8-20-11-18-10-15(20)9-14/h3-12H,1-2H3,(H,19,21). The topological polar surface area (TPSA) is 55.6 Å². The van der Waals surface area contributed by atoms with Crippen LogP contribution in [-0.2, 0) is 0 Å². The minimum absolute atomic E-state index is 0.0838. The summed E-state index contributed by atoms with van der Waals surface area (Å²) >= 11 is 0. The number of nitrogens with zero attached hydrogens (tertiary/aromatic N) is 2. The van der Waals surface area contributed by atoms with E-state index in [1.54, 1.807) is 25.7 Å². The zero-order chi connectivity index (χ0) is 15.5. The number of fused-ring (bicyclic) bond motifs is 1. The average molecular weight is 295 g/mol. The van der Waals surface area contributed by atoms with E-state index in [4.69, 9.17) is 4.74 Å². The van der Waals surface area contributed by atoms with Crippen molar-refractivity contribution in [3.63, 3.8) is 0 Å². The number of hydrogen-bond acceptors (Lipinski definition) is 3. The van der Waals surface area contributed by atoms with Gasteiger partial charge in [0.15, 0.2) is 0 Å². The number of amides is 1. The predicted molar refractivity (Wildman–Crippen MR) is 84.1 cm³/mol. The molecule has 0 spiro atoms. The van der Waals surface area contributed by atoms with Gasteiger partial charge in [-0.1, -0.05) is 12.1 Å². The first kappa shape index (κ1) is 14.1. The number of hydrogen-bond donors (Lipinski definition) is 1. The summed E-state index contributed by atoms with van der Waals surface area (Å²) in [5, 5.41) is 3.00. The van der Waals surface area contributed by atoms with Crippen molar-refractivity contribution in [3.05, 3.63) is 66.2 Å². The summed E-state index contributed by atoms with van der Waals surface area (Å²) in [4.78, 5) is 16.4. The molecule has 0 saturated heterocycles. The molecule has 112 valence electrons. The maximum atomic E-state index is 12.4. The molecule has 0 aliphatic heterocycles. The SMILES string of the molecule is COc1ccc(C(C)NC(=O)c2ccn3cncc3c2)cc1. The van der Waals surface area contributed by atoms with Crippen molar-refractivity contribution < 1.29 is 9.53 Å². The minimum Gasteiger partial charge on any atom is -0.497 e. The molecule has 0 bridgehead atoms. The Kier molecular flexibility index (Phi) is 3.78. The Bertz CT molecular complexity index is 793. The monoisotopic (exact) mass is 295 g/mol. The molecule has 1 atom stereocenters. The van der Waals surface area contributed by atoms with Crippen LogP contribution in [0.25, 0.3) is 5.52 Å². The molecule has 0 saturated carbocycles. The van der Waals surface area contributed by atoms with E-state index < -0.39 is 0 Å². The molecule has 3 aromatic rings. The van der Waals surface area contributed by atoms with Crippen LogP contribution in [-0.4, -0.2) is 22.4 Å². The van der Waals surface area contributed by atoms with Crippen LogP contribution in [0.15, 0.2) is 55.1 Å². The molecule has 1 N–H and O–H groups in total. The van der Waals surface area contributed by atoms with E-state index in [1.807, 2.05) is 47.9 Å². The Morgan fingerprint density at radius 2 is 2.05 bits per heavy atom. The van der Waals surface area contributed by atoms with Crippen LogP contribution in [0.3, 0.4) is 0 Å². The fraction of sp³-hybridized carbons (Fsp3) is 0.176. The maximum Gasteiger partial charge on any atom is 0.251 e. The van der Waals surface area contributed by atoms with Crippen LogP contribution in [0, 0.1) is 0 Å². The highest BCUT2D eigenvalue weighted by Crippen LogP contribution is 2.18. The largest absolute Gasteiger partial charge is 0.497 e. The molecule has 2 aromatic heterocycles. The van der Waals surface area contributed by atoms with Gasteiger partial charge < -0.3 is 14.5 Å². The molecule has 3 rings (SSSR count). The Morgan fingerprint density at radius 3 is 2.77 bits per heavy atom. The lowest BCUT2D eigenvalue weighted by Gasteiger charge is -2.15. The summed E-state index contributed by atoms with van der Waals surface area (Å²) in [5.41, 5.74) is 2.54. The molecule has 1 aromatic carbocycles.